The fourth-order valence-electron chi connectivity index (χ4n) is 0.958. The normalized spacial score (nSPS) is 12.4. The molecule has 1 aromatic carbocycles. The third-order valence-electron chi connectivity index (χ3n) is 1.65. The minimum absolute atomic E-state index is 0. The molecule has 0 spiro atoms. The van der Waals surface area contributed by atoms with Crippen LogP contribution in [0.15, 0.2) is 42.3 Å². The van der Waals surface area contributed by atoms with Crippen LogP contribution < -0.4 is 24.0 Å². The molecule has 0 bridgehead atoms. The van der Waals surface area contributed by atoms with Crippen molar-refractivity contribution in [3.63, 3.8) is 0 Å². The maximum Gasteiger partial charge on any atom is 1.00 e. The van der Waals surface area contributed by atoms with E-state index in [4.69, 9.17) is 6.57 Å². The van der Waals surface area contributed by atoms with Crippen LogP contribution in [-0.2, 0) is 0 Å². The third kappa shape index (κ3) is 2.94. The van der Waals surface area contributed by atoms with Gasteiger partial charge in [-0.1, -0.05) is 30.3 Å². The maximum atomic E-state index is 10.3. The summed E-state index contributed by atoms with van der Waals surface area (Å²) in [6.45, 7) is 6.64. The molecule has 1 N–H and O–H groups in total. The Kier molecular flexibility index (Phi) is 5.75. The van der Waals surface area contributed by atoms with Gasteiger partial charge in [-0.15, -0.1) is 6.26 Å². The molecule has 4 heteroatoms. The summed E-state index contributed by atoms with van der Waals surface area (Å²) in [7, 11) is 0. The molecule has 0 radical (unpaired) electrons. The molecule has 0 aliphatic rings. The van der Waals surface area contributed by atoms with E-state index in [9.17, 15) is 10.2 Å². The summed E-state index contributed by atoms with van der Waals surface area (Å²) in [6.07, 6.45) is -0.721. The summed E-state index contributed by atoms with van der Waals surface area (Å²) < 4.78 is 0. The number of aliphatic hydroxyl groups is 1. The zero-order valence-corrected chi connectivity index (χ0v) is 7.84. The van der Waals surface area contributed by atoms with E-state index in [0.717, 1.165) is 0 Å². The molecule has 1 atom stereocenters. The molecule has 1 aromatic rings. The quantitative estimate of drug-likeness (QED) is 0.321. The van der Waals surface area contributed by atoms with Crippen molar-refractivity contribution in [2.24, 2.45) is 0 Å². The summed E-state index contributed by atoms with van der Waals surface area (Å²) >= 11 is 0. The van der Waals surface area contributed by atoms with Crippen LogP contribution in [0.4, 0.5) is 0 Å². The largest absolute Gasteiger partial charge is 1.00 e. The van der Waals surface area contributed by atoms with E-state index in [1.807, 2.05) is 0 Å². The maximum absolute atomic E-state index is 10.3. The van der Waals surface area contributed by atoms with Gasteiger partial charge in [-0.25, -0.2) is 4.85 Å². The predicted octanol–water partition coefficient (Wildman–Crippen LogP) is -2.16. The smallest absolute Gasteiger partial charge is 0.886 e. The summed E-state index contributed by atoms with van der Waals surface area (Å²) in [4.78, 5) is 2.93. The van der Waals surface area contributed by atoms with Gasteiger partial charge in [0.15, 0.2) is 5.70 Å². The molecule has 0 saturated carbocycles. The number of aliphatic hydroxyl groups excluding tert-OH is 1. The Morgan fingerprint density at radius 1 is 1.43 bits per heavy atom. The van der Waals surface area contributed by atoms with Crippen molar-refractivity contribution < 1.29 is 29.1 Å². The van der Waals surface area contributed by atoms with Gasteiger partial charge in [0.05, 0.1) is 6.57 Å². The van der Waals surface area contributed by atoms with Gasteiger partial charge in [0.2, 0.25) is 0 Å². The second kappa shape index (κ2) is 6.29. The number of nitrogens with zero attached hydrogens (tertiary/aromatic N) is 1. The van der Waals surface area contributed by atoms with Gasteiger partial charge in [-0.3, -0.25) is 0 Å². The van der Waals surface area contributed by atoms with Gasteiger partial charge < -0.3 is 10.2 Å². The summed E-state index contributed by atoms with van der Waals surface area (Å²) in [5, 5.41) is 19.8. The first-order valence-electron chi connectivity index (χ1n) is 3.72. The monoisotopic (exact) mass is 181 g/mol. The number of hydrogen-bond donors (Lipinski definition) is 1. The van der Waals surface area contributed by atoms with Crippen molar-refractivity contribution in [2.75, 3.05) is 0 Å². The Labute approximate surface area is 94.7 Å². The van der Waals surface area contributed by atoms with Crippen molar-refractivity contribution in [1.29, 1.82) is 0 Å². The third-order valence-corrected chi connectivity index (χ3v) is 1.65. The molecule has 0 fully saturated rings. The van der Waals surface area contributed by atoms with Crippen molar-refractivity contribution in [3.05, 3.63) is 59.3 Å². The Morgan fingerprint density at radius 3 is 2.43 bits per heavy atom. The molecule has 66 valence electrons. The van der Waals surface area contributed by atoms with E-state index in [1.165, 1.54) is 0 Å². The van der Waals surface area contributed by atoms with Crippen molar-refractivity contribution in [2.45, 2.75) is 6.10 Å². The fourth-order valence-corrected chi connectivity index (χ4v) is 0.958. The first-order valence-corrected chi connectivity index (χ1v) is 3.72. The Morgan fingerprint density at radius 2 is 2.00 bits per heavy atom. The Balaban J connectivity index is 0.00000169. The Bertz CT molecular complexity index is 343. The fraction of sp³-hybridized carbons (Fsp3) is 0.100. The van der Waals surface area contributed by atoms with E-state index >= 15 is 0 Å². The minimum atomic E-state index is -1.10. The standard InChI is InChI=1S/C10H9NO2.Li/c1-11-9(7-12)10(13)8-5-3-2-4-6-8;/h2-7,10,12-13H;/q;+1/p-1/b9-7-;. The molecule has 1 rings (SSSR count). The van der Waals surface area contributed by atoms with E-state index in [0.29, 0.717) is 11.8 Å². The molecule has 14 heavy (non-hydrogen) atoms. The number of rotatable bonds is 2. The van der Waals surface area contributed by atoms with Crippen LogP contribution in [0.3, 0.4) is 0 Å². The number of benzene rings is 1. The van der Waals surface area contributed by atoms with Gasteiger partial charge in [0.1, 0.15) is 6.10 Å². The van der Waals surface area contributed by atoms with E-state index in [1.54, 1.807) is 30.3 Å². The van der Waals surface area contributed by atoms with Crippen molar-refractivity contribution in [3.8, 4) is 0 Å². The minimum Gasteiger partial charge on any atom is -0.886 e. The molecular weight excluding hydrogens is 173 g/mol. The summed E-state index contributed by atoms with van der Waals surface area (Å²) in [6, 6.07) is 8.61. The molecule has 3 nitrogen and oxygen atoms in total. The first-order chi connectivity index (χ1) is 6.29. The van der Waals surface area contributed by atoms with Crippen LogP contribution in [0.25, 0.3) is 4.85 Å². The van der Waals surface area contributed by atoms with Gasteiger partial charge in [0, 0.05) is 0 Å². The van der Waals surface area contributed by atoms with Crippen LogP contribution in [0.1, 0.15) is 11.7 Å². The molecule has 0 amide bonds. The first kappa shape index (κ1) is 12.8. The average Bonchev–Trinajstić information content (AvgIpc) is 2.21. The average molecular weight is 181 g/mol. The molecule has 0 aliphatic carbocycles. The van der Waals surface area contributed by atoms with Gasteiger partial charge in [0.25, 0.3) is 0 Å². The van der Waals surface area contributed by atoms with E-state index in [-0.39, 0.29) is 24.6 Å². The van der Waals surface area contributed by atoms with Crippen LogP contribution in [0.5, 0.6) is 0 Å². The van der Waals surface area contributed by atoms with Crippen molar-refractivity contribution in [1.82, 2.24) is 0 Å². The Hall–Kier alpha value is -1.19. The number of hydrogen-bond acceptors (Lipinski definition) is 2. The van der Waals surface area contributed by atoms with Crippen LogP contribution in [0.2, 0.25) is 0 Å². The molecule has 0 aromatic heterocycles. The zero-order chi connectivity index (χ0) is 9.68. The second-order valence-electron chi connectivity index (χ2n) is 2.47. The van der Waals surface area contributed by atoms with Gasteiger partial charge >= 0.3 is 18.9 Å². The molecule has 0 saturated heterocycles. The van der Waals surface area contributed by atoms with Gasteiger partial charge in [-0.05, 0) is 5.56 Å². The topological polar surface area (TPSA) is 47.6 Å². The zero-order valence-electron chi connectivity index (χ0n) is 7.84. The van der Waals surface area contributed by atoms with Crippen LogP contribution in [-0.4, -0.2) is 5.11 Å². The molecular formula is C10H8LiNO2. The summed E-state index contributed by atoms with van der Waals surface area (Å²) in [5.41, 5.74) is 0.367. The van der Waals surface area contributed by atoms with Gasteiger partial charge in [-0.2, -0.15) is 0 Å². The molecule has 1 unspecified atom stereocenters. The predicted molar refractivity (Wildman–Crippen MR) is 46.1 cm³/mol. The SMILES string of the molecule is [C-]#[N+]/C(=C\[O-])C(O)c1ccccc1.[Li+]. The van der Waals surface area contributed by atoms with Crippen LogP contribution in [0, 0.1) is 6.57 Å². The van der Waals surface area contributed by atoms with Crippen molar-refractivity contribution >= 4 is 0 Å². The molecule has 0 aliphatic heterocycles. The van der Waals surface area contributed by atoms with Crippen LogP contribution >= 0.6 is 0 Å². The second-order valence-corrected chi connectivity index (χ2v) is 2.47. The van der Waals surface area contributed by atoms with E-state index in [2.05, 4.69) is 4.85 Å². The summed E-state index contributed by atoms with van der Waals surface area (Å²) in [5.74, 6) is 0. The molecule has 0 heterocycles. The van der Waals surface area contributed by atoms with E-state index < -0.39 is 6.10 Å².